The number of aliphatic carboxylic acids is 1. The molecule has 1 aliphatic rings. The van der Waals surface area contributed by atoms with Gasteiger partial charge in [0.25, 0.3) is 0 Å². The van der Waals surface area contributed by atoms with E-state index in [0.717, 1.165) is 0 Å². The molecule has 0 aromatic rings. The molecule has 1 unspecified atom stereocenters. The maximum Gasteiger partial charge on any atom is 0.321 e. The van der Waals surface area contributed by atoms with Crippen LogP contribution in [0.1, 0.15) is 47.5 Å². The second-order valence-corrected chi connectivity index (χ2v) is 8.45. The third kappa shape index (κ3) is 2.54. The van der Waals surface area contributed by atoms with Crippen LogP contribution in [-0.4, -0.2) is 30.3 Å². The van der Waals surface area contributed by atoms with Crippen molar-refractivity contribution in [3.63, 3.8) is 0 Å². The first kappa shape index (κ1) is 15.4. The van der Waals surface area contributed by atoms with Gasteiger partial charge < -0.3 is 5.11 Å². The minimum Gasteiger partial charge on any atom is -0.480 e. The highest BCUT2D eigenvalue weighted by Gasteiger charge is 2.62. The van der Waals surface area contributed by atoms with E-state index in [9.17, 15) is 13.2 Å². The summed E-state index contributed by atoms with van der Waals surface area (Å²) >= 11 is 0. The molecule has 0 heterocycles. The van der Waals surface area contributed by atoms with Crippen molar-refractivity contribution in [2.45, 2.75) is 58.2 Å². The summed E-state index contributed by atoms with van der Waals surface area (Å²) in [6.45, 7) is 9.02. The van der Waals surface area contributed by atoms with Crippen LogP contribution in [0.15, 0.2) is 0 Å². The third-order valence-electron chi connectivity index (χ3n) is 3.80. The molecule has 6 heteroatoms. The molecule has 18 heavy (non-hydrogen) atoms. The summed E-state index contributed by atoms with van der Waals surface area (Å²) < 4.78 is 26.4. The van der Waals surface area contributed by atoms with Gasteiger partial charge in [0.2, 0.25) is 10.0 Å². The molecule has 0 aromatic heterocycles. The number of hydrogen-bond donors (Lipinski definition) is 2. The summed E-state index contributed by atoms with van der Waals surface area (Å²) in [6, 6.07) is -1.06. The molecule has 0 saturated heterocycles. The zero-order valence-electron chi connectivity index (χ0n) is 11.6. The van der Waals surface area contributed by atoms with Crippen LogP contribution in [0, 0.1) is 11.3 Å². The average Bonchev–Trinajstić information content (AvgIpc) is 2.92. The fourth-order valence-electron chi connectivity index (χ4n) is 2.29. The SMILES string of the molecule is CC(C)C(NS(=O)(=O)C1(C(C)(C)C)CC1)C(=O)O. The Morgan fingerprint density at radius 1 is 1.28 bits per heavy atom. The van der Waals surface area contributed by atoms with Gasteiger partial charge in [0.1, 0.15) is 6.04 Å². The number of nitrogens with one attached hydrogen (secondary N) is 1. The predicted molar refractivity (Wildman–Crippen MR) is 69.7 cm³/mol. The molecular formula is C12H23NO4S. The molecule has 1 aliphatic carbocycles. The smallest absolute Gasteiger partial charge is 0.321 e. The van der Waals surface area contributed by atoms with Crippen molar-refractivity contribution in [3.05, 3.63) is 0 Å². The van der Waals surface area contributed by atoms with E-state index in [-0.39, 0.29) is 5.92 Å². The Balaban J connectivity index is 3.00. The van der Waals surface area contributed by atoms with Gasteiger partial charge in [-0.1, -0.05) is 34.6 Å². The van der Waals surface area contributed by atoms with E-state index in [1.807, 2.05) is 20.8 Å². The largest absolute Gasteiger partial charge is 0.480 e. The van der Waals surface area contributed by atoms with Gasteiger partial charge in [-0.25, -0.2) is 13.1 Å². The van der Waals surface area contributed by atoms with Crippen molar-refractivity contribution in [1.82, 2.24) is 4.72 Å². The van der Waals surface area contributed by atoms with E-state index in [0.29, 0.717) is 12.8 Å². The fraction of sp³-hybridized carbons (Fsp3) is 0.917. The first-order valence-corrected chi connectivity index (χ1v) is 7.67. The zero-order valence-corrected chi connectivity index (χ0v) is 12.5. The molecule has 0 radical (unpaired) electrons. The van der Waals surface area contributed by atoms with Crippen molar-refractivity contribution in [2.24, 2.45) is 11.3 Å². The summed E-state index contributed by atoms with van der Waals surface area (Å²) in [5, 5.41) is 9.07. The lowest BCUT2D eigenvalue weighted by Crippen LogP contribution is -2.52. The monoisotopic (exact) mass is 277 g/mol. The highest BCUT2D eigenvalue weighted by Crippen LogP contribution is 2.55. The normalized spacial score (nSPS) is 20.8. The van der Waals surface area contributed by atoms with E-state index >= 15 is 0 Å². The second-order valence-electron chi connectivity index (χ2n) is 6.43. The van der Waals surface area contributed by atoms with E-state index in [4.69, 9.17) is 5.11 Å². The average molecular weight is 277 g/mol. The lowest BCUT2D eigenvalue weighted by Gasteiger charge is -2.32. The van der Waals surface area contributed by atoms with Crippen LogP contribution in [0.3, 0.4) is 0 Å². The lowest BCUT2D eigenvalue weighted by atomic mass is 9.90. The summed E-state index contributed by atoms with van der Waals surface area (Å²) in [7, 11) is -3.63. The molecule has 1 atom stereocenters. The van der Waals surface area contributed by atoms with Crippen LogP contribution < -0.4 is 4.72 Å². The van der Waals surface area contributed by atoms with Gasteiger partial charge in [-0.3, -0.25) is 4.79 Å². The Kier molecular flexibility index (Phi) is 3.85. The van der Waals surface area contributed by atoms with Gasteiger partial charge in [0, 0.05) is 0 Å². The van der Waals surface area contributed by atoms with Crippen LogP contribution in [-0.2, 0) is 14.8 Å². The highest BCUT2D eigenvalue weighted by atomic mass is 32.2. The molecule has 1 rings (SSSR count). The third-order valence-corrected chi connectivity index (χ3v) is 6.41. The van der Waals surface area contributed by atoms with Crippen molar-refractivity contribution in [3.8, 4) is 0 Å². The maximum atomic E-state index is 12.4. The summed E-state index contributed by atoms with van der Waals surface area (Å²) in [6.07, 6.45) is 1.19. The summed E-state index contributed by atoms with van der Waals surface area (Å²) in [5.74, 6) is -1.41. The molecule has 106 valence electrons. The van der Waals surface area contributed by atoms with Crippen LogP contribution in [0.5, 0.6) is 0 Å². The molecule has 1 fully saturated rings. The minimum atomic E-state index is -3.63. The second kappa shape index (κ2) is 4.49. The molecular weight excluding hydrogens is 254 g/mol. The topological polar surface area (TPSA) is 83.5 Å². The Morgan fingerprint density at radius 2 is 1.72 bits per heavy atom. The Labute approximate surface area is 109 Å². The summed E-state index contributed by atoms with van der Waals surface area (Å²) in [4.78, 5) is 11.1. The number of sulfonamides is 1. The number of rotatable bonds is 5. The van der Waals surface area contributed by atoms with Crippen LogP contribution in [0.2, 0.25) is 0 Å². The van der Waals surface area contributed by atoms with Gasteiger partial charge in [0.15, 0.2) is 0 Å². The van der Waals surface area contributed by atoms with Crippen molar-refractivity contribution < 1.29 is 18.3 Å². The fourth-order valence-corrected chi connectivity index (χ4v) is 4.67. The number of hydrogen-bond acceptors (Lipinski definition) is 3. The van der Waals surface area contributed by atoms with E-state index < -0.39 is 32.2 Å². The van der Waals surface area contributed by atoms with E-state index in [1.165, 1.54) is 0 Å². The van der Waals surface area contributed by atoms with E-state index in [2.05, 4.69) is 4.72 Å². The molecule has 0 amide bonds. The molecule has 5 nitrogen and oxygen atoms in total. The van der Waals surface area contributed by atoms with Gasteiger partial charge >= 0.3 is 5.97 Å². The Morgan fingerprint density at radius 3 is 1.94 bits per heavy atom. The van der Waals surface area contributed by atoms with Crippen molar-refractivity contribution in [1.29, 1.82) is 0 Å². The standard InChI is InChI=1S/C12H23NO4S/c1-8(2)9(10(14)15)13-18(16,17)12(6-7-12)11(3,4)5/h8-9,13H,6-7H2,1-5H3,(H,14,15). The molecule has 0 bridgehead atoms. The molecule has 1 saturated carbocycles. The zero-order chi connectivity index (χ0) is 14.4. The predicted octanol–water partition coefficient (Wildman–Crippen LogP) is 1.59. The number of carboxylic acids is 1. The van der Waals surface area contributed by atoms with E-state index in [1.54, 1.807) is 13.8 Å². The first-order chi connectivity index (χ1) is 7.94. The molecule has 2 N–H and O–H groups in total. The maximum absolute atomic E-state index is 12.4. The Bertz CT molecular complexity index is 429. The minimum absolute atomic E-state index is 0.284. The van der Waals surface area contributed by atoms with Crippen LogP contribution >= 0.6 is 0 Å². The number of carbonyl (C=O) groups is 1. The van der Waals surface area contributed by atoms with Crippen LogP contribution in [0.25, 0.3) is 0 Å². The molecule has 0 aromatic carbocycles. The van der Waals surface area contributed by atoms with Gasteiger partial charge in [0.05, 0.1) is 4.75 Å². The molecule has 0 spiro atoms. The number of carboxylic acid groups (broad SMARTS) is 1. The molecule has 0 aliphatic heterocycles. The Hall–Kier alpha value is -0.620. The van der Waals surface area contributed by atoms with Gasteiger partial charge in [-0.05, 0) is 24.2 Å². The van der Waals surface area contributed by atoms with Crippen molar-refractivity contribution in [2.75, 3.05) is 0 Å². The van der Waals surface area contributed by atoms with Crippen molar-refractivity contribution >= 4 is 16.0 Å². The van der Waals surface area contributed by atoms with Crippen LogP contribution in [0.4, 0.5) is 0 Å². The van der Waals surface area contributed by atoms with Gasteiger partial charge in [-0.15, -0.1) is 0 Å². The quantitative estimate of drug-likeness (QED) is 0.799. The summed E-state index contributed by atoms with van der Waals surface area (Å²) in [5.41, 5.74) is -0.390. The highest BCUT2D eigenvalue weighted by molar-refractivity contribution is 7.91. The van der Waals surface area contributed by atoms with Gasteiger partial charge in [-0.2, -0.15) is 0 Å². The first-order valence-electron chi connectivity index (χ1n) is 6.19. The lowest BCUT2D eigenvalue weighted by molar-refractivity contribution is -0.140.